The molecule has 0 bridgehead atoms. The first kappa shape index (κ1) is 36.4. The van der Waals surface area contributed by atoms with Gasteiger partial charge in [0.2, 0.25) is 0 Å². The van der Waals surface area contributed by atoms with Crippen molar-refractivity contribution in [1.29, 1.82) is 0 Å². The number of unbranched alkanes of at least 4 members (excludes halogenated alkanes) is 22. The van der Waals surface area contributed by atoms with E-state index in [1.807, 2.05) is 0 Å². The molecule has 0 aliphatic carbocycles. The van der Waals surface area contributed by atoms with Crippen molar-refractivity contribution in [3.63, 3.8) is 0 Å². The van der Waals surface area contributed by atoms with E-state index < -0.39 is 0 Å². The summed E-state index contributed by atoms with van der Waals surface area (Å²) in [4.78, 5) is 11.9. The first-order valence-electron chi connectivity index (χ1n) is 16.8. The van der Waals surface area contributed by atoms with Crippen LogP contribution in [0.4, 0.5) is 0 Å². The number of hydrogen-bond donors (Lipinski definition) is 0. The van der Waals surface area contributed by atoms with Crippen molar-refractivity contribution in [1.82, 2.24) is 0 Å². The zero-order valence-electron chi connectivity index (χ0n) is 26.0. The van der Waals surface area contributed by atoms with Gasteiger partial charge >= 0.3 is 0 Å². The predicted octanol–water partition coefficient (Wildman–Crippen LogP) is 11.9. The maximum atomic E-state index is 11.9. The Morgan fingerprint density at radius 1 is 0.622 bits per heavy atom. The topological polar surface area (TPSA) is 26.3 Å². The van der Waals surface area contributed by atoms with Crippen molar-refractivity contribution in [2.24, 2.45) is 5.92 Å². The molecule has 2 nitrogen and oxygen atoms in total. The van der Waals surface area contributed by atoms with Gasteiger partial charge in [-0.15, -0.1) is 0 Å². The summed E-state index contributed by atoms with van der Waals surface area (Å²) in [6.45, 7) is 6.02. The second-order valence-electron chi connectivity index (χ2n) is 11.7. The molecule has 2 atom stereocenters. The van der Waals surface area contributed by atoms with E-state index in [-0.39, 0.29) is 12.0 Å². The van der Waals surface area contributed by atoms with E-state index >= 15 is 0 Å². The Kier molecular flexibility index (Phi) is 29.4. The second kappa shape index (κ2) is 29.9. The molecule has 0 radical (unpaired) electrons. The third-order valence-electron chi connectivity index (χ3n) is 8.32. The first-order valence-corrected chi connectivity index (χ1v) is 16.8. The number of methoxy groups -OCH3 is 1. The molecule has 0 rings (SSSR count). The molecule has 0 spiro atoms. The van der Waals surface area contributed by atoms with Crippen LogP contribution in [0.2, 0.25) is 0 Å². The maximum absolute atomic E-state index is 11.9. The van der Waals surface area contributed by atoms with Gasteiger partial charge in [0.15, 0.2) is 0 Å². The molecule has 0 aromatic rings. The normalized spacial score (nSPS) is 13.4. The summed E-state index contributed by atoms with van der Waals surface area (Å²) in [5, 5.41) is 0. The molecular formula is C35H68O2. The molecular weight excluding hydrogens is 452 g/mol. The highest BCUT2D eigenvalue weighted by atomic mass is 16.5. The highest BCUT2D eigenvalue weighted by Crippen LogP contribution is 2.21. The van der Waals surface area contributed by atoms with Crippen molar-refractivity contribution in [3.05, 3.63) is 12.2 Å². The van der Waals surface area contributed by atoms with E-state index in [0.717, 1.165) is 19.3 Å². The fraction of sp³-hybridized carbons (Fsp3) is 0.914. The standard InChI is InChI=1S/C35H68O2/c1-5-7-8-9-10-11-12-13-14-15-16-17-18-19-20-21-22-23-24-25-26-27-28-29-30-31-34(33(3)36)32-35(6-2)37-4/h5,7,34-35H,6,8-32H2,1-4H3/b7-5+/t34-,35-/m1/s1. The molecule has 37 heavy (non-hydrogen) atoms. The van der Waals surface area contributed by atoms with Crippen LogP contribution in [0.5, 0.6) is 0 Å². The lowest BCUT2D eigenvalue weighted by Crippen LogP contribution is -2.20. The van der Waals surface area contributed by atoms with Crippen LogP contribution in [0.25, 0.3) is 0 Å². The van der Waals surface area contributed by atoms with Crippen molar-refractivity contribution >= 4 is 5.78 Å². The zero-order valence-corrected chi connectivity index (χ0v) is 26.0. The lowest BCUT2D eigenvalue weighted by Gasteiger charge is -2.19. The first-order chi connectivity index (χ1) is 18.2. The van der Waals surface area contributed by atoms with Gasteiger partial charge in [0.05, 0.1) is 6.10 Å². The molecule has 0 aliphatic rings. The summed E-state index contributed by atoms with van der Waals surface area (Å²) in [5.74, 6) is 0.548. The van der Waals surface area contributed by atoms with Gasteiger partial charge in [-0.1, -0.05) is 154 Å². The molecule has 0 saturated carbocycles. The summed E-state index contributed by atoms with van der Waals surface area (Å²) in [5.41, 5.74) is 0. The highest BCUT2D eigenvalue weighted by molar-refractivity contribution is 5.78. The van der Waals surface area contributed by atoms with Crippen molar-refractivity contribution in [2.45, 2.75) is 194 Å². The minimum atomic E-state index is 0.202. The van der Waals surface area contributed by atoms with Crippen LogP contribution < -0.4 is 0 Å². The van der Waals surface area contributed by atoms with Gasteiger partial charge in [-0.2, -0.15) is 0 Å². The molecule has 0 fully saturated rings. The third-order valence-corrected chi connectivity index (χ3v) is 8.32. The highest BCUT2D eigenvalue weighted by Gasteiger charge is 2.18. The molecule has 2 heteroatoms. The van der Waals surface area contributed by atoms with Gasteiger partial charge in [0.25, 0.3) is 0 Å². The van der Waals surface area contributed by atoms with Crippen LogP contribution in [-0.2, 0) is 9.53 Å². The predicted molar refractivity (Wildman–Crippen MR) is 165 cm³/mol. The maximum Gasteiger partial charge on any atom is 0.133 e. The Hall–Kier alpha value is -0.630. The number of ketones is 1. The lowest BCUT2D eigenvalue weighted by atomic mass is 9.90. The Bertz CT molecular complexity index is 480. The number of allylic oxidation sites excluding steroid dienone is 2. The van der Waals surface area contributed by atoms with E-state index in [4.69, 9.17) is 4.74 Å². The number of hydrogen-bond acceptors (Lipinski definition) is 2. The van der Waals surface area contributed by atoms with E-state index in [1.54, 1.807) is 14.0 Å². The Morgan fingerprint density at radius 3 is 1.27 bits per heavy atom. The minimum Gasteiger partial charge on any atom is -0.381 e. The van der Waals surface area contributed by atoms with Crippen LogP contribution in [0, 0.1) is 5.92 Å². The number of ether oxygens (including phenoxy) is 1. The molecule has 0 N–H and O–H groups in total. The van der Waals surface area contributed by atoms with E-state index in [1.165, 1.54) is 148 Å². The summed E-state index contributed by atoms with van der Waals surface area (Å²) >= 11 is 0. The van der Waals surface area contributed by atoms with Crippen LogP contribution in [0.15, 0.2) is 12.2 Å². The lowest BCUT2D eigenvalue weighted by molar-refractivity contribution is -0.122. The van der Waals surface area contributed by atoms with Crippen LogP contribution in [-0.4, -0.2) is 19.0 Å². The molecule has 0 heterocycles. The summed E-state index contributed by atoms with van der Waals surface area (Å²) in [6, 6.07) is 0. The molecule has 0 aromatic heterocycles. The monoisotopic (exact) mass is 521 g/mol. The number of Topliss-reactive ketones (excluding diaryl/α,β-unsaturated/α-hetero) is 1. The fourth-order valence-corrected chi connectivity index (χ4v) is 5.59. The minimum absolute atomic E-state index is 0.202. The number of carbonyl (C=O) groups is 1. The Balaban J connectivity index is 3.26. The third kappa shape index (κ3) is 26.8. The molecule has 0 unspecified atom stereocenters. The second-order valence-corrected chi connectivity index (χ2v) is 11.7. The van der Waals surface area contributed by atoms with Crippen molar-refractivity contribution in [2.75, 3.05) is 7.11 Å². The largest absolute Gasteiger partial charge is 0.381 e. The van der Waals surface area contributed by atoms with Crippen LogP contribution in [0.1, 0.15) is 188 Å². The van der Waals surface area contributed by atoms with Gasteiger partial charge in [-0.25, -0.2) is 0 Å². The van der Waals surface area contributed by atoms with Gasteiger partial charge in [0, 0.05) is 13.0 Å². The van der Waals surface area contributed by atoms with E-state index in [2.05, 4.69) is 26.0 Å². The fourth-order valence-electron chi connectivity index (χ4n) is 5.59. The van der Waals surface area contributed by atoms with Crippen molar-refractivity contribution in [3.8, 4) is 0 Å². The number of carbonyl (C=O) groups excluding carboxylic acids is 1. The quantitative estimate of drug-likeness (QED) is 0.0695. The van der Waals surface area contributed by atoms with Crippen molar-refractivity contribution < 1.29 is 9.53 Å². The molecule has 0 aromatic carbocycles. The van der Waals surface area contributed by atoms with Gasteiger partial charge in [-0.3, -0.25) is 4.79 Å². The molecule has 0 saturated heterocycles. The Morgan fingerprint density at radius 2 is 0.973 bits per heavy atom. The average molecular weight is 521 g/mol. The van der Waals surface area contributed by atoms with Gasteiger partial charge in [0.1, 0.15) is 5.78 Å². The van der Waals surface area contributed by atoms with E-state index in [0.29, 0.717) is 5.78 Å². The van der Waals surface area contributed by atoms with Crippen LogP contribution >= 0.6 is 0 Å². The summed E-state index contributed by atoms with van der Waals surface area (Å²) < 4.78 is 5.49. The smallest absolute Gasteiger partial charge is 0.133 e. The average Bonchev–Trinajstić information content (AvgIpc) is 2.90. The van der Waals surface area contributed by atoms with Crippen LogP contribution in [0.3, 0.4) is 0 Å². The Labute approximate surface area is 234 Å². The summed E-state index contributed by atoms with van der Waals surface area (Å²) in [7, 11) is 1.77. The SMILES string of the molecule is C/C=C/CCCCCCCCCCCCCCCCCCCCCCCC[C@H](C[C@@H](CC)OC)C(C)=O. The molecule has 220 valence electrons. The van der Waals surface area contributed by atoms with E-state index in [9.17, 15) is 4.79 Å². The van der Waals surface area contributed by atoms with Gasteiger partial charge < -0.3 is 4.74 Å². The molecule has 0 amide bonds. The number of rotatable bonds is 30. The summed E-state index contributed by atoms with van der Waals surface area (Å²) in [6.07, 6.45) is 40.1. The van der Waals surface area contributed by atoms with Gasteiger partial charge in [-0.05, 0) is 46.0 Å². The molecule has 0 aliphatic heterocycles. The zero-order chi connectivity index (χ0) is 27.2.